The molecular weight excluding hydrogens is 250 g/mol. The van der Waals surface area contributed by atoms with Crippen molar-refractivity contribution < 1.29 is 4.79 Å². The van der Waals surface area contributed by atoms with Gasteiger partial charge in [0.1, 0.15) is 0 Å². The van der Waals surface area contributed by atoms with E-state index in [2.05, 4.69) is 10.2 Å². The van der Waals surface area contributed by atoms with Crippen molar-refractivity contribution in [3.63, 3.8) is 0 Å². The SMILES string of the molecule is CNCc1ccc(N2CCC(C(N)=O)C2)cc1Cl. The van der Waals surface area contributed by atoms with E-state index in [1.807, 2.05) is 25.2 Å². The van der Waals surface area contributed by atoms with E-state index < -0.39 is 0 Å². The molecule has 4 nitrogen and oxygen atoms in total. The predicted molar refractivity (Wildman–Crippen MR) is 73.7 cm³/mol. The van der Waals surface area contributed by atoms with E-state index in [0.29, 0.717) is 6.54 Å². The van der Waals surface area contributed by atoms with E-state index >= 15 is 0 Å². The molecule has 1 unspecified atom stereocenters. The average Bonchev–Trinajstić information content (AvgIpc) is 2.81. The maximum Gasteiger partial charge on any atom is 0.222 e. The normalized spacial score (nSPS) is 19.2. The number of anilines is 1. The van der Waals surface area contributed by atoms with Gasteiger partial charge < -0.3 is 16.0 Å². The van der Waals surface area contributed by atoms with Crippen molar-refractivity contribution in [2.45, 2.75) is 13.0 Å². The third-order valence-corrected chi connectivity index (χ3v) is 3.71. The number of nitrogens with one attached hydrogen (secondary N) is 1. The molecule has 3 N–H and O–H groups in total. The number of hydrogen-bond donors (Lipinski definition) is 2. The lowest BCUT2D eigenvalue weighted by Crippen LogP contribution is -2.27. The lowest BCUT2D eigenvalue weighted by Gasteiger charge is -2.19. The Labute approximate surface area is 112 Å². The van der Waals surface area contributed by atoms with Gasteiger partial charge in [-0.3, -0.25) is 4.79 Å². The minimum absolute atomic E-state index is 0.0410. The highest BCUT2D eigenvalue weighted by Crippen LogP contribution is 2.28. The number of rotatable bonds is 4. The van der Waals surface area contributed by atoms with Gasteiger partial charge in [-0.15, -0.1) is 0 Å². The van der Waals surface area contributed by atoms with Crippen molar-refractivity contribution in [3.05, 3.63) is 28.8 Å². The molecule has 1 aromatic carbocycles. The van der Waals surface area contributed by atoms with Gasteiger partial charge in [0.05, 0.1) is 5.92 Å². The summed E-state index contributed by atoms with van der Waals surface area (Å²) in [5, 5.41) is 3.83. The monoisotopic (exact) mass is 267 g/mol. The van der Waals surface area contributed by atoms with Crippen LogP contribution in [0.5, 0.6) is 0 Å². The first-order valence-electron chi connectivity index (χ1n) is 6.09. The molecule has 0 bridgehead atoms. The van der Waals surface area contributed by atoms with Gasteiger partial charge in [-0.05, 0) is 31.2 Å². The van der Waals surface area contributed by atoms with Crippen LogP contribution in [-0.4, -0.2) is 26.0 Å². The summed E-state index contributed by atoms with van der Waals surface area (Å²) >= 11 is 6.23. The van der Waals surface area contributed by atoms with Gasteiger partial charge in [-0.1, -0.05) is 17.7 Å². The van der Waals surface area contributed by atoms with Crippen LogP contribution < -0.4 is 16.0 Å². The molecule has 1 atom stereocenters. The van der Waals surface area contributed by atoms with E-state index in [0.717, 1.165) is 35.8 Å². The first-order valence-corrected chi connectivity index (χ1v) is 6.47. The van der Waals surface area contributed by atoms with Crippen LogP contribution in [0.25, 0.3) is 0 Å². The minimum Gasteiger partial charge on any atom is -0.371 e. The summed E-state index contributed by atoms with van der Waals surface area (Å²) in [7, 11) is 1.89. The largest absolute Gasteiger partial charge is 0.371 e. The van der Waals surface area contributed by atoms with Crippen LogP contribution in [0.1, 0.15) is 12.0 Å². The van der Waals surface area contributed by atoms with Gasteiger partial charge in [0.15, 0.2) is 0 Å². The van der Waals surface area contributed by atoms with Crippen LogP contribution in [0.3, 0.4) is 0 Å². The number of amides is 1. The van der Waals surface area contributed by atoms with Gasteiger partial charge in [0.2, 0.25) is 5.91 Å². The number of hydrogen-bond acceptors (Lipinski definition) is 3. The Hall–Kier alpha value is -1.26. The molecule has 2 rings (SSSR count). The van der Waals surface area contributed by atoms with Gasteiger partial charge in [-0.25, -0.2) is 0 Å². The van der Waals surface area contributed by atoms with Crippen molar-refractivity contribution in [1.82, 2.24) is 5.32 Å². The molecule has 0 spiro atoms. The summed E-state index contributed by atoms with van der Waals surface area (Å²) in [6.07, 6.45) is 0.825. The number of carbonyl (C=O) groups is 1. The summed E-state index contributed by atoms with van der Waals surface area (Å²) in [5.74, 6) is -0.254. The number of primary amides is 1. The Bertz CT molecular complexity index is 450. The van der Waals surface area contributed by atoms with Crippen molar-refractivity contribution in [3.8, 4) is 0 Å². The van der Waals surface area contributed by atoms with Crippen LogP contribution in [0.15, 0.2) is 18.2 Å². The molecule has 18 heavy (non-hydrogen) atoms. The summed E-state index contributed by atoms with van der Waals surface area (Å²) in [6.45, 7) is 2.30. The van der Waals surface area contributed by atoms with Gasteiger partial charge >= 0.3 is 0 Å². The lowest BCUT2D eigenvalue weighted by atomic mass is 10.1. The number of halogens is 1. The molecule has 1 fully saturated rings. The quantitative estimate of drug-likeness (QED) is 0.866. The van der Waals surface area contributed by atoms with Crippen LogP contribution in [0.4, 0.5) is 5.69 Å². The molecule has 1 saturated heterocycles. The molecule has 5 heteroatoms. The van der Waals surface area contributed by atoms with Crippen molar-refractivity contribution in [2.24, 2.45) is 11.7 Å². The minimum atomic E-state index is -0.213. The second kappa shape index (κ2) is 5.59. The van der Waals surface area contributed by atoms with E-state index in [1.54, 1.807) is 0 Å². The highest BCUT2D eigenvalue weighted by molar-refractivity contribution is 6.31. The van der Waals surface area contributed by atoms with Gasteiger partial charge in [-0.2, -0.15) is 0 Å². The molecule has 1 aromatic rings. The van der Waals surface area contributed by atoms with Gasteiger partial charge in [0, 0.05) is 30.3 Å². The Kier molecular flexibility index (Phi) is 4.09. The van der Waals surface area contributed by atoms with Crippen molar-refractivity contribution in [1.29, 1.82) is 0 Å². The Balaban J connectivity index is 2.11. The molecule has 0 radical (unpaired) electrons. The average molecular weight is 268 g/mol. The molecule has 98 valence electrons. The molecule has 1 aliphatic rings. The van der Waals surface area contributed by atoms with E-state index in [9.17, 15) is 4.79 Å². The van der Waals surface area contributed by atoms with Crippen molar-refractivity contribution >= 4 is 23.2 Å². The zero-order chi connectivity index (χ0) is 13.1. The number of carbonyl (C=O) groups excluding carboxylic acids is 1. The molecule has 0 aliphatic carbocycles. The van der Waals surface area contributed by atoms with E-state index in [-0.39, 0.29) is 11.8 Å². The number of benzene rings is 1. The van der Waals surface area contributed by atoms with Crippen molar-refractivity contribution in [2.75, 3.05) is 25.0 Å². The molecule has 0 saturated carbocycles. The van der Waals surface area contributed by atoms with Crippen LogP contribution in [0.2, 0.25) is 5.02 Å². The maximum atomic E-state index is 11.1. The second-order valence-corrected chi connectivity index (χ2v) is 5.05. The fourth-order valence-electron chi connectivity index (χ4n) is 2.29. The summed E-state index contributed by atoms with van der Waals surface area (Å²) in [4.78, 5) is 13.3. The third kappa shape index (κ3) is 2.76. The fraction of sp³-hybridized carbons (Fsp3) is 0.462. The summed E-state index contributed by atoms with van der Waals surface area (Å²) in [6, 6.07) is 6.02. The van der Waals surface area contributed by atoms with Crippen LogP contribution >= 0.6 is 11.6 Å². The third-order valence-electron chi connectivity index (χ3n) is 3.36. The van der Waals surface area contributed by atoms with Crippen LogP contribution in [-0.2, 0) is 11.3 Å². The summed E-state index contributed by atoms with van der Waals surface area (Å²) < 4.78 is 0. The molecule has 1 heterocycles. The number of nitrogens with zero attached hydrogens (tertiary/aromatic N) is 1. The Morgan fingerprint density at radius 2 is 2.39 bits per heavy atom. The molecule has 1 amide bonds. The molecule has 0 aromatic heterocycles. The smallest absolute Gasteiger partial charge is 0.222 e. The standard InChI is InChI=1S/C13H18ClN3O/c1-16-7-9-2-3-11(6-12(9)14)17-5-4-10(8-17)13(15)18/h2-3,6,10,16H,4-5,7-8H2,1H3,(H2,15,18). The molecular formula is C13H18ClN3O. The summed E-state index contributed by atoms with van der Waals surface area (Å²) in [5.41, 5.74) is 7.47. The second-order valence-electron chi connectivity index (χ2n) is 4.64. The highest BCUT2D eigenvalue weighted by atomic mass is 35.5. The Morgan fingerprint density at radius 1 is 1.61 bits per heavy atom. The topological polar surface area (TPSA) is 58.4 Å². The van der Waals surface area contributed by atoms with Gasteiger partial charge in [0.25, 0.3) is 0 Å². The van der Waals surface area contributed by atoms with E-state index in [4.69, 9.17) is 17.3 Å². The lowest BCUT2D eigenvalue weighted by molar-refractivity contribution is -0.121. The predicted octanol–water partition coefficient (Wildman–Crippen LogP) is 1.37. The fourth-order valence-corrected chi connectivity index (χ4v) is 2.54. The first kappa shape index (κ1) is 13.2. The first-order chi connectivity index (χ1) is 8.61. The van der Waals surface area contributed by atoms with Crippen LogP contribution in [0, 0.1) is 5.92 Å². The van der Waals surface area contributed by atoms with E-state index in [1.165, 1.54) is 0 Å². The zero-order valence-corrected chi connectivity index (χ0v) is 11.2. The number of nitrogens with two attached hydrogens (primary N) is 1. The Morgan fingerprint density at radius 3 is 2.94 bits per heavy atom. The zero-order valence-electron chi connectivity index (χ0n) is 10.4. The highest BCUT2D eigenvalue weighted by Gasteiger charge is 2.26. The maximum absolute atomic E-state index is 11.1. The molecule has 1 aliphatic heterocycles.